The molecule has 0 unspecified atom stereocenters. The van der Waals surface area contributed by atoms with Crippen LogP contribution >= 0.6 is 11.6 Å². The van der Waals surface area contributed by atoms with E-state index in [9.17, 15) is 4.79 Å². The highest BCUT2D eigenvalue weighted by Gasteiger charge is 2.12. The number of benzene rings is 2. The first-order valence-corrected chi connectivity index (χ1v) is 6.64. The molecule has 0 saturated heterocycles. The number of carboxylic acid groups (broad SMARTS) is 1. The summed E-state index contributed by atoms with van der Waals surface area (Å²) in [6.45, 7) is 0.218. The van der Waals surface area contributed by atoms with Crippen molar-refractivity contribution in [2.75, 3.05) is 0 Å². The number of hydrogen-bond acceptors (Lipinski definition) is 3. The van der Waals surface area contributed by atoms with Gasteiger partial charge in [0.05, 0.1) is 5.56 Å². The van der Waals surface area contributed by atoms with Crippen LogP contribution in [0.15, 0.2) is 52.9 Å². The Kier molecular flexibility index (Phi) is 3.54. The fourth-order valence-corrected chi connectivity index (χ4v) is 2.18. The van der Waals surface area contributed by atoms with Gasteiger partial charge in [-0.2, -0.15) is 0 Å². The molecule has 106 valence electrons. The zero-order valence-corrected chi connectivity index (χ0v) is 11.6. The summed E-state index contributed by atoms with van der Waals surface area (Å²) in [5.41, 5.74) is 0.749. The first-order chi connectivity index (χ1) is 10.1. The van der Waals surface area contributed by atoms with Gasteiger partial charge < -0.3 is 14.3 Å². The van der Waals surface area contributed by atoms with Gasteiger partial charge in [0.15, 0.2) is 0 Å². The molecule has 1 heterocycles. The van der Waals surface area contributed by atoms with Crippen LogP contribution in [0.25, 0.3) is 11.0 Å². The molecule has 0 amide bonds. The SMILES string of the molecule is O=C(O)c1cccc2oc(COc3ccc(Cl)cc3)cc12. The summed E-state index contributed by atoms with van der Waals surface area (Å²) in [5.74, 6) is 0.249. The molecule has 0 aliphatic carbocycles. The topological polar surface area (TPSA) is 59.7 Å². The Labute approximate surface area is 125 Å². The largest absolute Gasteiger partial charge is 0.486 e. The van der Waals surface area contributed by atoms with Crippen molar-refractivity contribution in [3.8, 4) is 5.75 Å². The number of aromatic carboxylic acids is 1. The molecule has 0 aliphatic rings. The van der Waals surface area contributed by atoms with Crippen LogP contribution in [0, 0.1) is 0 Å². The van der Waals surface area contributed by atoms with E-state index in [1.54, 1.807) is 48.5 Å². The standard InChI is InChI=1S/C16H11ClO4/c17-10-4-6-11(7-5-10)20-9-12-8-14-13(16(18)19)2-1-3-15(14)21-12/h1-8H,9H2,(H,18,19). The Balaban J connectivity index is 1.83. The van der Waals surface area contributed by atoms with Gasteiger partial charge in [-0.25, -0.2) is 4.79 Å². The molecule has 0 bridgehead atoms. The highest BCUT2D eigenvalue weighted by atomic mass is 35.5. The molecule has 0 radical (unpaired) electrons. The number of carbonyl (C=O) groups is 1. The number of hydrogen-bond donors (Lipinski definition) is 1. The summed E-state index contributed by atoms with van der Waals surface area (Å²) in [6.07, 6.45) is 0. The van der Waals surface area contributed by atoms with Crippen molar-refractivity contribution >= 4 is 28.5 Å². The Morgan fingerprint density at radius 2 is 1.95 bits per heavy atom. The lowest BCUT2D eigenvalue weighted by Gasteiger charge is -2.03. The molecule has 0 atom stereocenters. The molecule has 1 aromatic heterocycles. The molecule has 0 saturated carbocycles. The number of fused-ring (bicyclic) bond motifs is 1. The van der Waals surface area contributed by atoms with Crippen molar-refractivity contribution in [2.24, 2.45) is 0 Å². The van der Waals surface area contributed by atoms with E-state index in [1.165, 1.54) is 0 Å². The molecule has 3 rings (SSSR count). The van der Waals surface area contributed by atoms with Gasteiger partial charge in [-0.3, -0.25) is 0 Å². The maximum absolute atomic E-state index is 11.2. The highest BCUT2D eigenvalue weighted by Crippen LogP contribution is 2.24. The summed E-state index contributed by atoms with van der Waals surface area (Å²) in [6, 6.07) is 13.6. The van der Waals surface area contributed by atoms with Crippen molar-refractivity contribution in [3.05, 3.63) is 64.9 Å². The van der Waals surface area contributed by atoms with Gasteiger partial charge in [-0.05, 0) is 42.5 Å². The molecule has 5 heteroatoms. The second-order valence-electron chi connectivity index (χ2n) is 4.48. The van der Waals surface area contributed by atoms with Crippen molar-refractivity contribution in [2.45, 2.75) is 6.61 Å². The van der Waals surface area contributed by atoms with Crippen molar-refractivity contribution < 1.29 is 19.1 Å². The van der Waals surface area contributed by atoms with Gasteiger partial charge in [0, 0.05) is 10.4 Å². The summed E-state index contributed by atoms with van der Waals surface area (Å²) in [5, 5.41) is 10.3. The zero-order valence-electron chi connectivity index (χ0n) is 10.9. The molecule has 2 aromatic carbocycles. The van der Waals surface area contributed by atoms with Crippen LogP contribution < -0.4 is 4.74 Å². The number of rotatable bonds is 4. The molecule has 3 aromatic rings. The van der Waals surface area contributed by atoms with E-state index < -0.39 is 5.97 Å². The van der Waals surface area contributed by atoms with E-state index in [4.69, 9.17) is 25.9 Å². The first kappa shape index (κ1) is 13.5. The van der Waals surface area contributed by atoms with E-state index in [0.29, 0.717) is 27.5 Å². The normalized spacial score (nSPS) is 10.7. The lowest BCUT2D eigenvalue weighted by molar-refractivity contribution is 0.0699. The predicted octanol–water partition coefficient (Wildman–Crippen LogP) is 4.36. The number of carboxylic acids is 1. The smallest absolute Gasteiger partial charge is 0.336 e. The molecule has 21 heavy (non-hydrogen) atoms. The van der Waals surface area contributed by atoms with Gasteiger partial charge in [0.1, 0.15) is 23.7 Å². The van der Waals surface area contributed by atoms with Crippen LogP contribution in [0.2, 0.25) is 5.02 Å². The third-order valence-electron chi connectivity index (χ3n) is 3.04. The first-order valence-electron chi connectivity index (χ1n) is 6.26. The third-order valence-corrected chi connectivity index (χ3v) is 3.29. The van der Waals surface area contributed by atoms with Crippen LogP contribution in [-0.2, 0) is 6.61 Å². The fraction of sp³-hybridized carbons (Fsp3) is 0.0625. The second-order valence-corrected chi connectivity index (χ2v) is 4.91. The molecule has 0 spiro atoms. The lowest BCUT2D eigenvalue weighted by atomic mass is 10.1. The molecular formula is C16H11ClO4. The fourth-order valence-electron chi connectivity index (χ4n) is 2.06. The monoisotopic (exact) mass is 302 g/mol. The van der Waals surface area contributed by atoms with Crippen LogP contribution in [0.5, 0.6) is 5.75 Å². The minimum Gasteiger partial charge on any atom is -0.486 e. The van der Waals surface area contributed by atoms with Crippen LogP contribution in [0.3, 0.4) is 0 Å². The summed E-state index contributed by atoms with van der Waals surface area (Å²) < 4.78 is 11.2. The van der Waals surface area contributed by atoms with Crippen molar-refractivity contribution in [3.63, 3.8) is 0 Å². The predicted molar refractivity (Wildman–Crippen MR) is 79.0 cm³/mol. The maximum atomic E-state index is 11.2. The van der Waals surface area contributed by atoms with E-state index in [0.717, 1.165) is 0 Å². The van der Waals surface area contributed by atoms with Crippen LogP contribution in [0.4, 0.5) is 0 Å². The Bertz CT molecular complexity index is 790. The molecule has 1 N–H and O–H groups in total. The number of ether oxygens (including phenoxy) is 1. The molecular weight excluding hydrogens is 292 g/mol. The summed E-state index contributed by atoms with van der Waals surface area (Å²) in [4.78, 5) is 11.2. The van der Waals surface area contributed by atoms with Gasteiger partial charge >= 0.3 is 5.97 Å². The average molecular weight is 303 g/mol. The van der Waals surface area contributed by atoms with Crippen LogP contribution in [0.1, 0.15) is 16.1 Å². The number of furan rings is 1. The third kappa shape index (κ3) is 2.85. The maximum Gasteiger partial charge on any atom is 0.336 e. The van der Waals surface area contributed by atoms with E-state index in [-0.39, 0.29) is 12.2 Å². The van der Waals surface area contributed by atoms with Gasteiger partial charge in [-0.1, -0.05) is 17.7 Å². The molecule has 4 nitrogen and oxygen atoms in total. The number of halogens is 1. The Morgan fingerprint density at radius 1 is 1.19 bits per heavy atom. The molecule has 0 fully saturated rings. The summed E-state index contributed by atoms with van der Waals surface area (Å²) >= 11 is 5.80. The Hall–Kier alpha value is -2.46. The van der Waals surface area contributed by atoms with E-state index >= 15 is 0 Å². The minimum atomic E-state index is -0.980. The van der Waals surface area contributed by atoms with E-state index in [1.807, 2.05) is 0 Å². The quantitative estimate of drug-likeness (QED) is 0.777. The minimum absolute atomic E-state index is 0.217. The highest BCUT2D eigenvalue weighted by molar-refractivity contribution is 6.30. The lowest BCUT2D eigenvalue weighted by Crippen LogP contribution is -1.95. The van der Waals surface area contributed by atoms with Gasteiger partial charge in [0.2, 0.25) is 0 Å². The summed E-state index contributed by atoms with van der Waals surface area (Å²) in [7, 11) is 0. The zero-order chi connectivity index (χ0) is 14.8. The van der Waals surface area contributed by atoms with E-state index in [2.05, 4.69) is 0 Å². The molecule has 0 aliphatic heterocycles. The van der Waals surface area contributed by atoms with Gasteiger partial charge in [0.25, 0.3) is 0 Å². The van der Waals surface area contributed by atoms with Crippen molar-refractivity contribution in [1.29, 1.82) is 0 Å². The van der Waals surface area contributed by atoms with Gasteiger partial charge in [-0.15, -0.1) is 0 Å². The Morgan fingerprint density at radius 3 is 2.67 bits per heavy atom. The van der Waals surface area contributed by atoms with Crippen molar-refractivity contribution in [1.82, 2.24) is 0 Å². The second kappa shape index (κ2) is 5.50. The van der Waals surface area contributed by atoms with Crippen LogP contribution in [-0.4, -0.2) is 11.1 Å². The average Bonchev–Trinajstić information content (AvgIpc) is 2.89.